The summed E-state index contributed by atoms with van der Waals surface area (Å²) in [6.45, 7) is 0.947. The SMILES string of the molecule is O=C1NC(=O)/C(=C/c2cccc(OCCOC3CCCCC3)c2Cl)S1. The molecule has 0 bridgehead atoms. The molecule has 1 aromatic carbocycles. The summed E-state index contributed by atoms with van der Waals surface area (Å²) < 4.78 is 11.6. The molecule has 134 valence electrons. The van der Waals surface area contributed by atoms with Gasteiger partial charge in [0.2, 0.25) is 0 Å². The maximum absolute atomic E-state index is 11.6. The number of carbonyl (C=O) groups excluding carboxylic acids is 2. The largest absolute Gasteiger partial charge is 0.490 e. The number of nitrogens with one attached hydrogen (secondary N) is 1. The molecule has 1 heterocycles. The van der Waals surface area contributed by atoms with Gasteiger partial charge in [0, 0.05) is 0 Å². The van der Waals surface area contributed by atoms with Gasteiger partial charge >= 0.3 is 0 Å². The predicted octanol–water partition coefficient (Wildman–Crippen LogP) is 4.39. The second-order valence-corrected chi connectivity index (χ2v) is 7.38. The van der Waals surface area contributed by atoms with Crippen molar-refractivity contribution in [1.82, 2.24) is 5.32 Å². The fourth-order valence-electron chi connectivity index (χ4n) is 2.91. The van der Waals surface area contributed by atoms with Gasteiger partial charge in [-0.05, 0) is 42.3 Å². The number of thioether (sulfide) groups is 1. The van der Waals surface area contributed by atoms with Gasteiger partial charge < -0.3 is 9.47 Å². The molecule has 2 amide bonds. The average molecular weight is 382 g/mol. The number of carbonyl (C=O) groups is 2. The van der Waals surface area contributed by atoms with Crippen LogP contribution in [-0.4, -0.2) is 30.5 Å². The monoisotopic (exact) mass is 381 g/mol. The first kappa shape index (κ1) is 18.3. The molecule has 5 nitrogen and oxygen atoms in total. The van der Waals surface area contributed by atoms with Gasteiger partial charge in [0.1, 0.15) is 12.4 Å². The van der Waals surface area contributed by atoms with Crippen molar-refractivity contribution in [2.24, 2.45) is 0 Å². The number of rotatable bonds is 6. The fourth-order valence-corrected chi connectivity index (χ4v) is 3.82. The third kappa shape index (κ3) is 5.00. The Morgan fingerprint density at radius 3 is 2.72 bits per heavy atom. The van der Waals surface area contributed by atoms with Crippen LogP contribution in [0.3, 0.4) is 0 Å². The van der Waals surface area contributed by atoms with Gasteiger partial charge in [-0.2, -0.15) is 0 Å². The highest BCUT2D eigenvalue weighted by atomic mass is 35.5. The van der Waals surface area contributed by atoms with E-state index in [1.807, 2.05) is 0 Å². The van der Waals surface area contributed by atoms with Crippen LogP contribution in [0.5, 0.6) is 5.75 Å². The molecule has 3 rings (SSSR count). The summed E-state index contributed by atoms with van der Waals surface area (Å²) in [6.07, 6.45) is 7.98. The third-order valence-corrected chi connectivity index (χ3v) is 5.38. The molecule has 1 aromatic rings. The normalized spacial score (nSPS) is 20.1. The van der Waals surface area contributed by atoms with Gasteiger partial charge in [0.25, 0.3) is 11.1 Å². The van der Waals surface area contributed by atoms with Gasteiger partial charge in [-0.1, -0.05) is 43.0 Å². The lowest BCUT2D eigenvalue weighted by Crippen LogP contribution is -2.19. The molecular formula is C18H20ClNO4S. The Balaban J connectivity index is 1.56. The number of benzene rings is 1. The summed E-state index contributed by atoms with van der Waals surface area (Å²) in [4.78, 5) is 23.2. The number of hydrogen-bond donors (Lipinski definition) is 1. The maximum Gasteiger partial charge on any atom is 0.290 e. The summed E-state index contributed by atoms with van der Waals surface area (Å²) in [5.41, 5.74) is 0.639. The Morgan fingerprint density at radius 1 is 1.20 bits per heavy atom. The van der Waals surface area contributed by atoms with Crippen LogP contribution < -0.4 is 10.1 Å². The van der Waals surface area contributed by atoms with Crippen LogP contribution in [0.15, 0.2) is 23.1 Å². The summed E-state index contributed by atoms with van der Waals surface area (Å²) in [6, 6.07) is 5.35. The van der Waals surface area contributed by atoms with Crippen molar-refractivity contribution in [2.45, 2.75) is 38.2 Å². The van der Waals surface area contributed by atoms with E-state index in [1.165, 1.54) is 19.3 Å². The summed E-state index contributed by atoms with van der Waals surface area (Å²) in [7, 11) is 0. The molecule has 1 aliphatic carbocycles. The second kappa shape index (κ2) is 8.74. The highest BCUT2D eigenvalue weighted by Gasteiger charge is 2.25. The van der Waals surface area contributed by atoms with Crippen LogP contribution in [0, 0.1) is 0 Å². The molecule has 1 saturated heterocycles. The van der Waals surface area contributed by atoms with E-state index >= 15 is 0 Å². The molecule has 2 aliphatic rings. The van der Waals surface area contributed by atoms with Crippen LogP contribution in [0.2, 0.25) is 5.02 Å². The van der Waals surface area contributed by atoms with Crippen molar-refractivity contribution in [3.05, 3.63) is 33.7 Å². The van der Waals surface area contributed by atoms with E-state index in [0.29, 0.717) is 40.6 Å². The van der Waals surface area contributed by atoms with Gasteiger partial charge in [-0.15, -0.1) is 0 Å². The molecule has 0 spiro atoms. The summed E-state index contributed by atoms with van der Waals surface area (Å²) >= 11 is 7.23. The second-order valence-electron chi connectivity index (χ2n) is 5.99. The predicted molar refractivity (Wildman–Crippen MR) is 98.9 cm³/mol. The van der Waals surface area contributed by atoms with Gasteiger partial charge in [-0.25, -0.2) is 0 Å². The van der Waals surface area contributed by atoms with E-state index in [4.69, 9.17) is 21.1 Å². The average Bonchev–Trinajstić information content (AvgIpc) is 2.93. The van der Waals surface area contributed by atoms with Crippen molar-refractivity contribution in [3.63, 3.8) is 0 Å². The molecule has 1 saturated carbocycles. The standard InChI is InChI=1S/C18H20ClNO4S/c19-16-12(11-15-17(21)20-18(22)25-15)5-4-8-14(16)24-10-9-23-13-6-2-1-3-7-13/h4-5,8,11,13H,1-3,6-7,9-10H2,(H,20,21,22)/b15-11-. The molecular weight excluding hydrogens is 362 g/mol. The van der Waals surface area contributed by atoms with Crippen LogP contribution in [0.1, 0.15) is 37.7 Å². The van der Waals surface area contributed by atoms with E-state index in [0.717, 1.165) is 24.6 Å². The third-order valence-electron chi connectivity index (χ3n) is 4.17. The quantitative estimate of drug-likeness (QED) is 0.584. The first-order valence-electron chi connectivity index (χ1n) is 8.41. The molecule has 2 fully saturated rings. The van der Waals surface area contributed by atoms with Crippen molar-refractivity contribution >= 4 is 40.6 Å². The molecule has 0 atom stereocenters. The zero-order chi connectivity index (χ0) is 17.6. The van der Waals surface area contributed by atoms with Crippen molar-refractivity contribution in [1.29, 1.82) is 0 Å². The van der Waals surface area contributed by atoms with E-state index in [9.17, 15) is 9.59 Å². The minimum atomic E-state index is -0.404. The number of hydrogen-bond acceptors (Lipinski definition) is 5. The Morgan fingerprint density at radius 2 is 2.00 bits per heavy atom. The lowest BCUT2D eigenvalue weighted by molar-refractivity contribution is -0.115. The summed E-state index contributed by atoms with van der Waals surface area (Å²) in [5.74, 6) is 0.135. The summed E-state index contributed by atoms with van der Waals surface area (Å²) in [5, 5.41) is 2.26. The van der Waals surface area contributed by atoms with Crippen LogP contribution >= 0.6 is 23.4 Å². The smallest absolute Gasteiger partial charge is 0.290 e. The van der Waals surface area contributed by atoms with E-state index in [1.54, 1.807) is 24.3 Å². The Labute approximate surface area is 156 Å². The molecule has 1 aliphatic heterocycles. The zero-order valence-corrected chi connectivity index (χ0v) is 15.3. The Bertz CT molecular complexity index is 686. The molecule has 0 aromatic heterocycles. The van der Waals surface area contributed by atoms with Gasteiger partial charge in [-0.3, -0.25) is 14.9 Å². The van der Waals surface area contributed by atoms with Gasteiger partial charge in [0.15, 0.2) is 0 Å². The van der Waals surface area contributed by atoms with Crippen LogP contribution in [-0.2, 0) is 9.53 Å². The zero-order valence-electron chi connectivity index (χ0n) is 13.8. The molecule has 0 radical (unpaired) electrons. The number of halogens is 1. The van der Waals surface area contributed by atoms with Crippen molar-refractivity contribution in [2.75, 3.05) is 13.2 Å². The van der Waals surface area contributed by atoms with Crippen molar-refractivity contribution < 1.29 is 19.1 Å². The molecule has 1 N–H and O–H groups in total. The first-order valence-corrected chi connectivity index (χ1v) is 9.60. The van der Waals surface area contributed by atoms with E-state index in [-0.39, 0.29) is 5.24 Å². The van der Waals surface area contributed by atoms with Crippen LogP contribution in [0.25, 0.3) is 6.08 Å². The maximum atomic E-state index is 11.6. The Hall–Kier alpha value is -1.50. The van der Waals surface area contributed by atoms with E-state index in [2.05, 4.69) is 5.32 Å². The minimum Gasteiger partial charge on any atom is -0.490 e. The van der Waals surface area contributed by atoms with E-state index < -0.39 is 5.91 Å². The van der Waals surface area contributed by atoms with Crippen molar-refractivity contribution in [3.8, 4) is 5.75 Å². The molecule has 7 heteroatoms. The number of imide groups is 1. The highest BCUT2D eigenvalue weighted by Crippen LogP contribution is 2.33. The topological polar surface area (TPSA) is 64.6 Å². The fraction of sp³-hybridized carbons (Fsp3) is 0.444. The highest BCUT2D eigenvalue weighted by molar-refractivity contribution is 8.18. The first-order chi connectivity index (χ1) is 12.1. The molecule has 0 unspecified atom stereocenters. The Kier molecular flexibility index (Phi) is 6.39. The minimum absolute atomic E-state index is 0.324. The van der Waals surface area contributed by atoms with Crippen LogP contribution in [0.4, 0.5) is 4.79 Å². The lowest BCUT2D eigenvalue weighted by Gasteiger charge is -2.22. The molecule has 25 heavy (non-hydrogen) atoms. The van der Waals surface area contributed by atoms with Gasteiger partial charge in [0.05, 0.1) is 22.6 Å². The number of amides is 2. The lowest BCUT2D eigenvalue weighted by atomic mass is 9.98. The number of ether oxygens (including phenoxy) is 2.